The van der Waals surface area contributed by atoms with Crippen molar-refractivity contribution in [3.63, 3.8) is 0 Å². The first kappa shape index (κ1) is 14.1. The molecule has 2 aromatic carbocycles. The van der Waals surface area contributed by atoms with Crippen LogP contribution in [-0.4, -0.2) is 27.0 Å². The van der Waals surface area contributed by atoms with E-state index in [1.54, 1.807) is 29.2 Å². The number of nitrogens with zero attached hydrogens (tertiary/aromatic N) is 3. The van der Waals surface area contributed by atoms with Gasteiger partial charge in [-0.05, 0) is 36.4 Å². The van der Waals surface area contributed by atoms with Crippen LogP contribution in [-0.2, 0) is 13.1 Å². The zero-order chi connectivity index (χ0) is 15.8. The standard InChI is InChI=1S/C17H15ClN4O/c18-12-5-7-13(8-6-12)19-17(23)21-9-10-22-15-4-2-1-3-14(15)20-16(22)11-21/h1-8H,9-11H2,(H,19,23). The van der Waals surface area contributed by atoms with Crippen molar-refractivity contribution in [3.05, 3.63) is 59.4 Å². The van der Waals surface area contributed by atoms with E-state index in [1.807, 2.05) is 18.2 Å². The van der Waals surface area contributed by atoms with Crippen LogP contribution in [0.25, 0.3) is 11.0 Å². The molecule has 23 heavy (non-hydrogen) atoms. The Morgan fingerprint density at radius 1 is 1.09 bits per heavy atom. The Balaban J connectivity index is 1.53. The van der Waals surface area contributed by atoms with Crippen molar-refractivity contribution in [2.75, 3.05) is 11.9 Å². The molecule has 3 aromatic rings. The average Bonchev–Trinajstić information content (AvgIpc) is 2.94. The number of nitrogens with one attached hydrogen (secondary N) is 1. The number of hydrogen-bond acceptors (Lipinski definition) is 2. The van der Waals surface area contributed by atoms with E-state index in [9.17, 15) is 4.79 Å². The fraction of sp³-hybridized carbons (Fsp3) is 0.176. The number of anilines is 1. The molecule has 0 saturated carbocycles. The number of rotatable bonds is 1. The topological polar surface area (TPSA) is 50.2 Å². The van der Waals surface area contributed by atoms with Gasteiger partial charge in [0.1, 0.15) is 5.82 Å². The summed E-state index contributed by atoms with van der Waals surface area (Å²) in [6, 6.07) is 15.0. The first-order valence-electron chi connectivity index (χ1n) is 7.46. The Morgan fingerprint density at radius 3 is 2.70 bits per heavy atom. The van der Waals surface area contributed by atoms with Gasteiger partial charge in [-0.3, -0.25) is 0 Å². The molecular weight excluding hydrogens is 312 g/mol. The number of aromatic nitrogens is 2. The third-order valence-electron chi connectivity index (χ3n) is 4.04. The molecule has 0 saturated heterocycles. The number of amides is 2. The second-order valence-electron chi connectivity index (χ2n) is 5.53. The molecule has 0 bridgehead atoms. The van der Waals surface area contributed by atoms with Crippen LogP contribution in [0.2, 0.25) is 5.02 Å². The van der Waals surface area contributed by atoms with E-state index >= 15 is 0 Å². The molecule has 5 nitrogen and oxygen atoms in total. The Labute approximate surface area is 138 Å². The molecule has 0 radical (unpaired) electrons. The minimum atomic E-state index is -0.120. The van der Waals surface area contributed by atoms with Gasteiger partial charge in [0.2, 0.25) is 0 Å². The molecule has 1 aliphatic heterocycles. The highest BCUT2D eigenvalue weighted by molar-refractivity contribution is 6.30. The lowest BCUT2D eigenvalue weighted by molar-refractivity contribution is 0.196. The maximum Gasteiger partial charge on any atom is 0.322 e. The number of fused-ring (bicyclic) bond motifs is 3. The van der Waals surface area contributed by atoms with Crippen molar-refractivity contribution in [1.82, 2.24) is 14.5 Å². The van der Waals surface area contributed by atoms with Crippen LogP contribution in [0.1, 0.15) is 5.82 Å². The number of para-hydroxylation sites is 2. The summed E-state index contributed by atoms with van der Waals surface area (Å²) in [4.78, 5) is 18.8. The maximum atomic E-state index is 12.4. The first-order chi connectivity index (χ1) is 11.2. The zero-order valence-corrected chi connectivity index (χ0v) is 13.1. The largest absolute Gasteiger partial charge is 0.325 e. The minimum Gasteiger partial charge on any atom is -0.325 e. The van der Waals surface area contributed by atoms with Gasteiger partial charge in [-0.25, -0.2) is 9.78 Å². The Morgan fingerprint density at radius 2 is 1.87 bits per heavy atom. The molecule has 1 aromatic heterocycles. The molecule has 1 N–H and O–H groups in total. The first-order valence-corrected chi connectivity index (χ1v) is 7.84. The van der Waals surface area contributed by atoms with Crippen LogP contribution in [0, 0.1) is 0 Å². The average molecular weight is 327 g/mol. The highest BCUT2D eigenvalue weighted by Crippen LogP contribution is 2.21. The third kappa shape index (κ3) is 2.64. The molecule has 6 heteroatoms. The van der Waals surface area contributed by atoms with E-state index in [2.05, 4.69) is 20.9 Å². The van der Waals surface area contributed by atoms with Gasteiger partial charge in [-0.2, -0.15) is 0 Å². The van der Waals surface area contributed by atoms with Crippen molar-refractivity contribution in [3.8, 4) is 0 Å². The summed E-state index contributed by atoms with van der Waals surface area (Å²) in [5, 5.41) is 3.54. The van der Waals surface area contributed by atoms with Crippen molar-refractivity contribution in [2.24, 2.45) is 0 Å². The lowest BCUT2D eigenvalue weighted by atomic mass is 10.3. The zero-order valence-electron chi connectivity index (χ0n) is 12.4. The van der Waals surface area contributed by atoms with Gasteiger partial charge in [0.15, 0.2) is 0 Å². The van der Waals surface area contributed by atoms with Gasteiger partial charge in [0.05, 0.1) is 17.6 Å². The smallest absolute Gasteiger partial charge is 0.322 e. The predicted octanol–water partition coefficient (Wildman–Crippen LogP) is 3.74. The number of benzene rings is 2. The van der Waals surface area contributed by atoms with E-state index in [1.165, 1.54) is 0 Å². The van der Waals surface area contributed by atoms with Crippen LogP contribution in [0.15, 0.2) is 48.5 Å². The fourth-order valence-corrected chi connectivity index (χ4v) is 3.00. The number of imidazole rings is 1. The van der Waals surface area contributed by atoms with E-state index in [4.69, 9.17) is 11.6 Å². The molecule has 1 aliphatic rings. The highest BCUT2D eigenvalue weighted by Gasteiger charge is 2.23. The summed E-state index contributed by atoms with van der Waals surface area (Å²) in [7, 11) is 0. The lowest BCUT2D eigenvalue weighted by Gasteiger charge is -2.28. The van der Waals surface area contributed by atoms with E-state index in [0.29, 0.717) is 18.1 Å². The van der Waals surface area contributed by atoms with Crippen LogP contribution in [0.3, 0.4) is 0 Å². The Kier molecular flexibility index (Phi) is 3.42. The SMILES string of the molecule is O=C(Nc1ccc(Cl)cc1)N1CCn2c(nc3ccccc32)C1. The summed E-state index contributed by atoms with van der Waals surface area (Å²) in [6.07, 6.45) is 0. The van der Waals surface area contributed by atoms with Gasteiger partial charge in [0.25, 0.3) is 0 Å². The van der Waals surface area contributed by atoms with Crippen molar-refractivity contribution in [2.45, 2.75) is 13.1 Å². The number of urea groups is 1. The minimum absolute atomic E-state index is 0.120. The molecule has 2 amide bonds. The molecule has 0 unspecified atom stereocenters. The molecule has 0 atom stereocenters. The van der Waals surface area contributed by atoms with E-state index in [-0.39, 0.29) is 6.03 Å². The molecule has 116 valence electrons. The summed E-state index contributed by atoms with van der Waals surface area (Å²) < 4.78 is 2.18. The van der Waals surface area contributed by atoms with Gasteiger partial charge in [0, 0.05) is 23.8 Å². The van der Waals surface area contributed by atoms with Crippen molar-refractivity contribution >= 4 is 34.4 Å². The van der Waals surface area contributed by atoms with Gasteiger partial charge in [-0.15, -0.1) is 0 Å². The molecule has 0 aliphatic carbocycles. The number of carbonyl (C=O) groups is 1. The van der Waals surface area contributed by atoms with Gasteiger partial charge >= 0.3 is 6.03 Å². The van der Waals surface area contributed by atoms with Crippen molar-refractivity contribution in [1.29, 1.82) is 0 Å². The van der Waals surface area contributed by atoms with Crippen LogP contribution < -0.4 is 5.32 Å². The fourth-order valence-electron chi connectivity index (χ4n) is 2.88. The monoisotopic (exact) mass is 326 g/mol. The summed E-state index contributed by atoms with van der Waals surface area (Å²) >= 11 is 5.86. The second-order valence-corrected chi connectivity index (χ2v) is 5.96. The predicted molar refractivity (Wildman–Crippen MR) is 90.6 cm³/mol. The summed E-state index contributed by atoms with van der Waals surface area (Å²) in [5.41, 5.74) is 2.83. The van der Waals surface area contributed by atoms with Gasteiger partial charge < -0.3 is 14.8 Å². The second kappa shape index (κ2) is 5.59. The molecule has 0 fully saturated rings. The number of halogens is 1. The Bertz CT molecular complexity index is 872. The van der Waals surface area contributed by atoms with Gasteiger partial charge in [-0.1, -0.05) is 23.7 Å². The van der Waals surface area contributed by atoms with Crippen molar-refractivity contribution < 1.29 is 4.79 Å². The molecule has 4 rings (SSSR count). The van der Waals surface area contributed by atoms with E-state index in [0.717, 1.165) is 29.1 Å². The maximum absolute atomic E-state index is 12.4. The van der Waals surface area contributed by atoms with Crippen LogP contribution in [0.5, 0.6) is 0 Å². The molecule has 0 spiro atoms. The van der Waals surface area contributed by atoms with Crippen LogP contribution in [0.4, 0.5) is 10.5 Å². The summed E-state index contributed by atoms with van der Waals surface area (Å²) in [5.74, 6) is 0.920. The quantitative estimate of drug-likeness (QED) is 0.740. The molecular formula is C17H15ClN4O. The van der Waals surface area contributed by atoms with Crippen LogP contribution >= 0.6 is 11.6 Å². The number of hydrogen-bond donors (Lipinski definition) is 1. The number of carbonyl (C=O) groups excluding carboxylic acids is 1. The normalized spacial score (nSPS) is 13.9. The third-order valence-corrected chi connectivity index (χ3v) is 4.29. The van der Waals surface area contributed by atoms with E-state index < -0.39 is 0 Å². The highest BCUT2D eigenvalue weighted by atomic mass is 35.5. The molecule has 2 heterocycles. The Hall–Kier alpha value is -2.53. The lowest BCUT2D eigenvalue weighted by Crippen LogP contribution is -2.40. The summed E-state index contributed by atoms with van der Waals surface area (Å²) in [6.45, 7) is 1.92.